The van der Waals surface area contributed by atoms with Gasteiger partial charge in [-0.05, 0) is 39.5 Å². The molecule has 29 heavy (non-hydrogen) atoms. The fraction of sp³-hybridized carbons (Fsp3) is 0.958. The van der Waals surface area contributed by atoms with E-state index in [0.29, 0.717) is 16.1 Å². The lowest BCUT2D eigenvalue weighted by Crippen LogP contribution is -2.25. The molecule has 0 radical (unpaired) electrons. The highest BCUT2D eigenvalue weighted by Crippen LogP contribution is 2.25. The zero-order valence-corrected chi connectivity index (χ0v) is 22.5. The molecule has 174 valence electrons. The molecule has 5 heteroatoms. The van der Waals surface area contributed by atoms with Gasteiger partial charge in [0.05, 0.1) is 6.10 Å². The van der Waals surface area contributed by atoms with Crippen LogP contribution in [0.5, 0.6) is 0 Å². The maximum Gasteiger partial charge on any atom is 0.219 e. The van der Waals surface area contributed by atoms with E-state index in [1.165, 1.54) is 70.6 Å². The second-order valence-electron chi connectivity index (χ2n) is 8.52. The van der Waals surface area contributed by atoms with Crippen molar-refractivity contribution in [2.24, 2.45) is 0 Å². The summed E-state index contributed by atoms with van der Waals surface area (Å²) >= 11 is 7.75. The standard InChI is InChI=1S/C24H47Br2NO2/c1-4-5-6-7-9-12-16-22(25)23(26)17-13-10-8-11-14-18-24(28)27-19-15-20-29-21(2)3/h21-23H,4-20H2,1-3H3,(H,27,28)/t22-,23-/m0/s1. The highest BCUT2D eigenvalue weighted by atomic mass is 79.9. The zero-order chi connectivity index (χ0) is 21.7. The lowest BCUT2D eigenvalue weighted by Gasteiger charge is -2.16. The molecular formula is C24H47Br2NO2. The van der Waals surface area contributed by atoms with Crippen molar-refractivity contribution in [3.05, 3.63) is 0 Å². The Morgan fingerprint density at radius 1 is 0.793 bits per heavy atom. The molecule has 0 fully saturated rings. The Labute approximate surface area is 198 Å². The summed E-state index contributed by atoms with van der Waals surface area (Å²) in [5.41, 5.74) is 0. The second-order valence-corrected chi connectivity index (χ2v) is 10.9. The summed E-state index contributed by atoms with van der Waals surface area (Å²) in [7, 11) is 0. The number of hydrogen-bond donors (Lipinski definition) is 1. The highest BCUT2D eigenvalue weighted by molar-refractivity contribution is 9.12. The zero-order valence-electron chi connectivity index (χ0n) is 19.3. The average molecular weight is 541 g/mol. The Bertz CT molecular complexity index is 367. The van der Waals surface area contributed by atoms with E-state index >= 15 is 0 Å². The first-order valence-electron chi connectivity index (χ1n) is 12.1. The number of alkyl halides is 2. The lowest BCUT2D eigenvalue weighted by atomic mass is 10.0. The lowest BCUT2D eigenvalue weighted by molar-refractivity contribution is -0.121. The molecule has 1 amide bonds. The summed E-state index contributed by atoms with van der Waals surface area (Å²) in [6.07, 6.45) is 18.5. The van der Waals surface area contributed by atoms with Crippen LogP contribution in [-0.4, -0.2) is 34.8 Å². The number of carbonyl (C=O) groups excluding carboxylic acids is 1. The third-order valence-electron chi connectivity index (χ3n) is 5.20. The van der Waals surface area contributed by atoms with E-state index < -0.39 is 0 Å². The van der Waals surface area contributed by atoms with Gasteiger partial charge >= 0.3 is 0 Å². The molecule has 0 unspecified atom stereocenters. The smallest absolute Gasteiger partial charge is 0.219 e. The van der Waals surface area contributed by atoms with Crippen molar-refractivity contribution in [3.8, 4) is 0 Å². The van der Waals surface area contributed by atoms with Gasteiger partial charge < -0.3 is 10.1 Å². The Hall–Kier alpha value is 0.390. The number of ether oxygens (including phenoxy) is 1. The Balaban J connectivity index is 3.42. The number of hydrogen-bond acceptors (Lipinski definition) is 2. The third-order valence-corrected chi connectivity index (χ3v) is 8.11. The first-order chi connectivity index (χ1) is 14.0. The van der Waals surface area contributed by atoms with Gasteiger partial charge in [0.25, 0.3) is 0 Å². The number of unbranched alkanes of at least 4 members (excludes halogenated alkanes) is 9. The summed E-state index contributed by atoms with van der Waals surface area (Å²) in [5, 5.41) is 2.99. The molecule has 0 heterocycles. The second kappa shape index (κ2) is 21.6. The molecule has 0 spiro atoms. The van der Waals surface area contributed by atoms with Crippen LogP contribution in [0.25, 0.3) is 0 Å². The summed E-state index contributed by atoms with van der Waals surface area (Å²) in [6.45, 7) is 7.79. The Morgan fingerprint density at radius 2 is 1.31 bits per heavy atom. The topological polar surface area (TPSA) is 38.3 Å². The van der Waals surface area contributed by atoms with E-state index in [4.69, 9.17) is 4.74 Å². The summed E-state index contributed by atoms with van der Waals surface area (Å²) in [5.74, 6) is 0.187. The number of halogens is 2. The van der Waals surface area contributed by atoms with Crippen LogP contribution in [0.15, 0.2) is 0 Å². The quantitative estimate of drug-likeness (QED) is 0.118. The van der Waals surface area contributed by atoms with Crippen LogP contribution >= 0.6 is 31.9 Å². The molecule has 3 nitrogen and oxygen atoms in total. The monoisotopic (exact) mass is 539 g/mol. The van der Waals surface area contributed by atoms with Crippen molar-refractivity contribution in [2.45, 2.75) is 133 Å². The van der Waals surface area contributed by atoms with Crippen molar-refractivity contribution in [2.75, 3.05) is 13.2 Å². The third kappa shape index (κ3) is 21.4. The molecule has 0 aromatic heterocycles. The minimum atomic E-state index is 0.187. The van der Waals surface area contributed by atoms with Crippen molar-refractivity contribution in [3.63, 3.8) is 0 Å². The average Bonchev–Trinajstić information content (AvgIpc) is 2.68. The van der Waals surface area contributed by atoms with Gasteiger partial charge in [0.2, 0.25) is 5.91 Å². The molecule has 0 aliphatic carbocycles. The van der Waals surface area contributed by atoms with Gasteiger partial charge in [-0.3, -0.25) is 4.79 Å². The van der Waals surface area contributed by atoms with Crippen molar-refractivity contribution in [1.29, 1.82) is 0 Å². The molecule has 0 aromatic rings. The maximum atomic E-state index is 11.8. The summed E-state index contributed by atoms with van der Waals surface area (Å²) in [6, 6.07) is 0. The minimum absolute atomic E-state index is 0.187. The molecule has 0 bridgehead atoms. The van der Waals surface area contributed by atoms with Gasteiger partial charge in [-0.1, -0.05) is 103 Å². The molecule has 0 rings (SSSR count). The van der Waals surface area contributed by atoms with E-state index in [1.807, 2.05) is 13.8 Å². The number of nitrogens with one attached hydrogen (secondary N) is 1. The highest BCUT2D eigenvalue weighted by Gasteiger charge is 2.14. The van der Waals surface area contributed by atoms with Crippen LogP contribution in [-0.2, 0) is 9.53 Å². The van der Waals surface area contributed by atoms with Gasteiger partial charge in [-0.2, -0.15) is 0 Å². The predicted molar refractivity (Wildman–Crippen MR) is 134 cm³/mol. The number of carbonyl (C=O) groups is 1. The minimum Gasteiger partial charge on any atom is -0.379 e. The van der Waals surface area contributed by atoms with Crippen molar-refractivity contribution < 1.29 is 9.53 Å². The molecule has 0 saturated heterocycles. The van der Waals surface area contributed by atoms with Gasteiger partial charge in [0.15, 0.2) is 0 Å². The van der Waals surface area contributed by atoms with E-state index in [0.717, 1.165) is 32.4 Å². The van der Waals surface area contributed by atoms with Crippen molar-refractivity contribution >= 4 is 37.8 Å². The molecular weight excluding hydrogens is 494 g/mol. The van der Waals surface area contributed by atoms with Crippen LogP contribution < -0.4 is 5.32 Å². The normalized spacial score (nSPS) is 13.6. The van der Waals surface area contributed by atoms with E-state index in [9.17, 15) is 4.79 Å². The van der Waals surface area contributed by atoms with Crippen LogP contribution in [0.4, 0.5) is 0 Å². The fourth-order valence-corrected chi connectivity index (χ4v) is 4.52. The maximum absolute atomic E-state index is 11.8. The summed E-state index contributed by atoms with van der Waals surface area (Å²) < 4.78 is 5.47. The first-order valence-corrected chi connectivity index (χ1v) is 14.0. The van der Waals surface area contributed by atoms with E-state index in [1.54, 1.807) is 0 Å². The van der Waals surface area contributed by atoms with Crippen molar-refractivity contribution in [1.82, 2.24) is 5.32 Å². The Morgan fingerprint density at radius 3 is 1.86 bits per heavy atom. The first kappa shape index (κ1) is 29.4. The SMILES string of the molecule is CCCCCCCC[C@H](Br)[C@@H](Br)CCCCCCCC(=O)NCCCOC(C)C. The van der Waals surface area contributed by atoms with Gasteiger partial charge in [0, 0.05) is 29.2 Å². The van der Waals surface area contributed by atoms with Gasteiger partial charge in [0.1, 0.15) is 0 Å². The van der Waals surface area contributed by atoms with Gasteiger partial charge in [-0.15, -0.1) is 0 Å². The van der Waals surface area contributed by atoms with E-state index in [2.05, 4.69) is 44.1 Å². The fourth-order valence-electron chi connectivity index (χ4n) is 3.34. The van der Waals surface area contributed by atoms with Crippen LogP contribution in [0, 0.1) is 0 Å². The largest absolute Gasteiger partial charge is 0.379 e. The molecule has 0 aliphatic rings. The van der Waals surface area contributed by atoms with Gasteiger partial charge in [-0.25, -0.2) is 0 Å². The van der Waals surface area contributed by atoms with E-state index in [-0.39, 0.29) is 12.0 Å². The predicted octanol–water partition coefficient (Wildman–Crippen LogP) is 7.93. The van der Waals surface area contributed by atoms with Crippen LogP contribution in [0.1, 0.15) is 117 Å². The Kier molecular flexibility index (Phi) is 21.9. The number of amides is 1. The molecule has 1 N–H and O–H groups in total. The molecule has 0 aliphatic heterocycles. The van der Waals surface area contributed by atoms with Crippen LogP contribution in [0.3, 0.4) is 0 Å². The summed E-state index contributed by atoms with van der Waals surface area (Å²) in [4.78, 5) is 13.0. The molecule has 0 saturated carbocycles. The number of rotatable bonds is 21. The molecule has 0 aromatic carbocycles. The molecule has 2 atom stereocenters. The van der Waals surface area contributed by atoms with Crippen LogP contribution in [0.2, 0.25) is 0 Å².